The van der Waals surface area contributed by atoms with Gasteiger partial charge < -0.3 is 0 Å². The molecular formula is C22H30NOP. The van der Waals surface area contributed by atoms with E-state index in [1.807, 2.05) is 60.7 Å². The first kappa shape index (κ1) is 18.4. The van der Waals surface area contributed by atoms with Crippen molar-refractivity contribution < 1.29 is 4.57 Å². The van der Waals surface area contributed by atoms with Gasteiger partial charge in [-0.15, -0.1) is 0 Å². The van der Waals surface area contributed by atoms with Gasteiger partial charge in [-0.25, -0.2) is 0 Å². The van der Waals surface area contributed by atoms with Crippen molar-refractivity contribution in [2.45, 2.75) is 52.5 Å². The van der Waals surface area contributed by atoms with Crippen LogP contribution < -0.4 is 15.7 Å². The summed E-state index contributed by atoms with van der Waals surface area (Å²) in [4.78, 5) is 0. The van der Waals surface area contributed by atoms with E-state index in [2.05, 4.69) is 25.9 Å². The average Bonchev–Trinajstić information content (AvgIpc) is 2.63. The smallest absolute Gasteiger partial charge is 0.204 e. The van der Waals surface area contributed by atoms with E-state index >= 15 is 0 Å². The quantitative estimate of drug-likeness (QED) is 0.772. The zero-order valence-corrected chi connectivity index (χ0v) is 16.5. The lowest BCUT2D eigenvalue weighted by atomic mass is 9.70. The van der Waals surface area contributed by atoms with Crippen molar-refractivity contribution in [3.63, 3.8) is 0 Å². The van der Waals surface area contributed by atoms with E-state index in [4.69, 9.17) is 0 Å². The molecule has 1 aliphatic carbocycles. The van der Waals surface area contributed by atoms with Gasteiger partial charge in [0.05, 0.1) is 0 Å². The van der Waals surface area contributed by atoms with Crippen LogP contribution in [0.2, 0.25) is 0 Å². The van der Waals surface area contributed by atoms with Gasteiger partial charge >= 0.3 is 0 Å². The Balaban J connectivity index is 2.00. The molecule has 2 aromatic carbocycles. The monoisotopic (exact) mass is 355 g/mol. The normalized spacial score (nSPS) is 21.9. The predicted molar refractivity (Wildman–Crippen MR) is 108 cm³/mol. The van der Waals surface area contributed by atoms with Crippen LogP contribution in [0, 0.1) is 11.3 Å². The zero-order chi connectivity index (χ0) is 17.9. The third-order valence-electron chi connectivity index (χ3n) is 5.47. The maximum absolute atomic E-state index is 14.2. The average molecular weight is 355 g/mol. The van der Waals surface area contributed by atoms with Crippen molar-refractivity contribution in [1.29, 1.82) is 0 Å². The van der Waals surface area contributed by atoms with Crippen molar-refractivity contribution in [2.24, 2.45) is 11.3 Å². The van der Waals surface area contributed by atoms with Crippen LogP contribution in [-0.4, -0.2) is 6.04 Å². The SMILES string of the molecule is CC(C)(C)[C@H]1CCCC[C@@H]1NP(=O)(c1ccccc1)c1ccccc1. The molecule has 0 saturated heterocycles. The summed E-state index contributed by atoms with van der Waals surface area (Å²) < 4.78 is 14.2. The fourth-order valence-electron chi connectivity index (χ4n) is 4.13. The minimum absolute atomic E-state index is 0.219. The van der Waals surface area contributed by atoms with E-state index in [0.29, 0.717) is 12.0 Å². The first-order valence-corrected chi connectivity index (χ1v) is 11.1. The van der Waals surface area contributed by atoms with Gasteiger partial charge in [-0.3, -0.25) is 9.65 Å². The Labute approximate surface area is 152 Å². The lowest BCUT2D eigenvalue weighted by Gasteiger charge is -2.42. The summed E-state index contributed by atoms with van der Waals surface area (Å²) in [7, 11) is -2.85. The van der Waals surface area contributed by atoms with E-state index in [1.165, 1.54) is 19.3 Å². The van der Waals surface area contributed by atoms with E-state index in [1.54, 1.807) is 0 Å². The molecular weight excluding hydrogens is 325 g/mol. The zero-order valence-electron chi connectivity index (χ0n) is 15.6. The highest BCUT2D eigenvalue weighted by atomic mass is 31.2. The first-order valence-electron chi connectivity index (χ1n) is 9.40. The Hall–Kier alpha value is -1.37. The second-order valence-electron chi connectivity index (χ2n) is 8.27. The molecule has 1 saturated carbocycles. The van der Waals surface area contributed by atoms with Crippen molar-refractivity contribution in [3.05, 3.63) is 60.7 Å². The van der Waals surface area contributed by atoms with Crippen molar-refractivity contribution in [2.75, 3.05) is 0 Å². The van der Waals surface area contributed by atoms with E-state index in [-0.39, 0.29) is 5.41 Å². The molecule has 134 valence electrons. The van der Waals surface area contributed by atoms with Gasteiger partial charge in [0.1, 0.15) is 0 Å². The van der Waals surface area contributed by atoms with Gasteiger partial charge in [0.25, 0.3) is 0 Å². The number of nitrogens with one attached hydrogen (secondary N) is 1. The molecule has 1 aliphatic rings. The Kier molecular flexibility index (Phi) is 5.51. The molecule has 2 aromatic rings. The van der Waals surface area contributed by atoms with E-state index < -0.39 is 7.29 Å². The molecule has 2 nitrogen and oxygen atoms in total. The maximum Gasteiger partial charge on any atom is 0.204 e. The Morgan fingerprint density at radius 1 is 0.840 bits per heavy atom. The van der Waals surface area contributed by atoms with Crippen LogP contribution in [0.15, 0.2) is 60.7 Å². The second-order valence-corrected chi connectivity index (χ2v) is 10.8. The highest BCUT2D eigenvalue weighted by Gasteiger charge is 2.38. The lowest BCUT2D eigenvalue weighted by molar-refractivity contribution is 0.144. The lowest BCUT2D eigenvalue weighted by Crippen LogP contribution is -2.45. The van der Waals surface area contributed by atoms with Crippen LogP contribution >= 0.6 is 7.29 Å². The molecule has 0 spiro atoms. The summed E-state index contributed by atoms with van der Waals surface area (Å²) in [5, 5.41) is 5.48. The van der Waals surface area contributed by atoms with Crippen molar-refractivity contribution in [3.8, 4) is 0 Å². The fraction of sp³-hybridized carbons (Fsp3) is 0.455. The number of rotatable bonds is 4. The molecule has 3 rings (SSSR count). The molecule has 0 aromatic heterocycles. The van der Waals surface area contributed by atoms with Crippen LogP contribution in [0.3, 0.4) is 0 Å². The van der Waals surface area contributed by atoms with Gasteiger partial charge in [0.15, 0.2) is 0 Å². The number of hydrogen-bond donors (Lipinski definition) is 1. The highest BCUT2D eigenvalue weighted by molar-refractivity contribution is 7.76. The van der Waals surface area contributed by atoms with Gasteiger partial charge in [0.2, 0.25) is 7.29 Å². The maximum atomic E-state index is 14.2. The number of hydrogen-bond acceptors (Lipinski definition) is 1. The molecule has 0 amide bonds. The van der Waals surface area contributed by atoms with Crippen LogP contribution in [-0.2, 0) is 4.57 Å². The summed E-state index contributed by atoms with van der Waals surface area (Å²) in [6.07, 6.45) is 4.81. The number of benzene rings is 2. The van der Waals surface area contributed by atoms with Crippen molar-refractivity contribution >= 4 is 17.9 Å². The third kappa shape index (κ3) is 4.07. The van der Waals surface area contributed by atoms with Crippen LogP contribution in [0.4, 0.5) is 0 Å². The molecule has 1 N–H and O–H groups in total. The summed E-state index contributed by atoms with van der Waals surface area (Å²) >= 11 is 0. The van der Waals surface area contributed by atoms with Crippen LogP contribution in [0.25, 0.3) is 0 Å². The minimum atomic E-state index is -2.85. The second kappa shape index (κ2) is 7.48. The molecule has 0 unspecified atom stereocenters. The van der Waals surface area contributed by atoms with Gasteiger partial charge in [-0.1, -0.05) is 70.0 Å². The standard InChI is InChI=1S/C22H30NOP/c1-22(2,3)20-16-10-11-17-21(20)23-25(24,18-12-6-4-7-13-18)19-14-8-5-9-15-19/h4-9,12-15,20-21H,10-11,16-17H2,1-3H3,(H,23,24)/t20-,21-/m0/s1. The summed E-state index contributed by atoms with van der Waals surface area (Å²) in [5.41, 5.74) is 0.219. The predicted octanol–water partition coefficient (Wildman–Crippen LogP) is 5.11. The molecule has 0 heterocycles. The highest BCUT2D eigenvalue weighted by Crippen LogP contribution is 2.45. The Morgan fingerprint density at radius 2 is 1.32 bits per heavy atom. The largest absolute Gasteiger partial charge is 0.297 e. The molecule has 2 atom stereocenters. The van der Waals surface area contributed by atoms with Gasteiger partial charge in [0, 0.05) is 16.7 Å². The molecule has 0 radical (unpaired) electrons. The molecule has 0 aliphatic heterocycles. The molecule has 3 heteroatoms. The van der Waals surface area contributed by atoms with E-state index in [0.717, 1.165) is 17.0 Å². The van der Waals surface area contributed by atoms with Crippen molar-refractivity contribution in [1.82, 2.24) is 5.09 Å². The molecule has 1 fully saturated rings. The van der Waals surface area contributed by atoms with Crippen LogP contribution in [0.1, 0.15) is 46.5 Å². The summed E-state index contributed by atoms with van der Waals surface area (Å²) in [5.74, 6) is 0.544. The third-order valence-corrected chi connectivity index (χ3v) is 8.21. The van der Waals surface area contributed by atoms with E-state index in [9.17, 15) is 4.57 Å². The van der Waals surface area contributed by atoms with Gasteiger partial charge in [-0.2, -0.15) is 0 Å². The topological polar surface area (TPSA) is 29.1 Å². The summed E-state index contributed by atoms with van der Waals surface area (Å²) in [6, 6.07) is 20.2. The Bertz CT molecular complexity index is 677. The van der Waals surface area contributed by atoms with Gasteiger partial charge in [-0.05, 0) is 48.4 Å². The van der Waals surface area contributed by atoms with Crippen LogP contribution in [0.5, 0.6) is 0 Å². The summed E-state index contributed by atoms with van der Waals surface area (Å²) in [6.45, 7) is 6.94. The Morgan fingerprint density at radius 3 is 1.80 bits per heavy atom. The first-order chi connectivity index (χ1) is 11.9. The molecule has 25 heavy (non-hydrogen) atoms. The molecule has 0 bridgehead atoms. The minimum Gasteiger partial charge on any atom is -0.297 e. The fourth-order valence-corrected chi connectivity index (χ4v) is 6.69.